The molecule has 0 spiro atoms. The third kappa shape index (κ3) is 2.69. The molecule has 0 saturated heterocycles. The summed E-state index contributed by atoms with van der Waals surface area (Å²) in [6, 6.07) is 0.255. The molecule has 1 aromatic rings. The van der Waals surface area contributed by atoms with Crippen LogP contribution in [0.5, 0.6) is 0 Å². The van der Waals surface area contributed by atoms with E-state index in [9.17, 15) is 5.11 Å². The van der Waals surface area contributed by atoms with Gasteiger partial charge in [-0.1, -0.05) is 27.2 Å². The van der Waals surface area contributed by atoms with Crippen molar-refractivity contribution in [1.29, 1.82) is 0 Å². The smallest absolute Gasteiger partial charge is 0.111 e. The van der Waals surface area contributed by atoms with E-state index in [4.69, 9.17) is 0 Å². The summed E-state index contributed by atoms with van der Waals surface area (Å²) in [4.78, 5) is 0. The van der Waals surface area contributed by atoms with Crippen LogP contribution >= 0.6 is 15.9 Å². The monoisotopic (exact) mass is 342 g/mol. The fourth-order valence-corrected chi connectivity index (χ4v) is 4.40. The highest BCUT2D eigenvalue weighted by Gasteiger charge is 2.47. The van der Waals surface area contributed by atoms with Gasteiger partial charge in [0.2, 0.25) is 0 Å². The van der Waals surface area contributed by atoms with Gasteiger partial charge in [0, 0.05) is 6.04 Å². The van der Waals surface area contributed by atoms with Crippen LogP contribution < -0.4 is 0 Å². The van der Waals surface area contributed by atoms with Crippen LogP contribution in [0.4, 0.5) is 0 Å². The second-order valence-corrected chi connectivity index (χ2v) is 7.90. The minimum atomic E-state index is -0.772. The summed E-state index contributed by atoms with van der Waals surface area (Å²) < 4.78 is 2.92. The normalized spacial score (nSPS) is 31.2. The minimum Gasteiger partial charge on any atom is -0.383 e. The first-order chi connectivity index (χ1) is 9.27. The van der Waals surface area contributed by atoms with Crippen molar-refractivity contribution >= 4 is 15.9 Å². The largest absolute Gasteiger partial charge is 0.383 e. The second kappa shape index (κ2) is 5.80. The molecule has 3 unspecified atom stereocenters. The Bertz CT molecular complexity index is 469. The third-order valence-corrected chi connectivity index (χ3v) is 5.28. The van der Waals surface area contributed by atoms with Crippen LogP contribution in [0.2, 0.25) is 0 Å². The van der Waals surface area contributed by atoms with Crippen molar-refractivity contribution in [2.24, 2.45) is 17.8 Å². The van der Waals surface area contributed by atoms with Crippen LogP contribution in [0.25, 0.3) is 0 Å². The van der Waals surface area contributed by atoms with Gasteiger partial charge < -0.3 is 5.11 Å². The minimum absolute atomic E-state index is 0.255. The SMILES string of the molecule is CC1CCC(C(C)C)C(O)(c2c(Br)cnn2C(C)C)C1. The molecule has 1 saturated carbocycles. The third-order valence-electron chi connectivity index (χ3n) is 4.70. The van der Waals surface area contributed by atoms with Gasteiger partial charge in [-0.25, -0.2) is 0 Å². The van der Waals surface area contributed by atoms with E-state index in [0.717, 1.165) is 23.0 Å². The lowest BCUT2D eigenvalue weighted by molar-refractivity contribution is -0.0936. The maximum atomic E-state index is 11.6. The van der Waals surface area contributed by atoms with Crippen molar-refractivity contribution in [2.45, 2.75) is 65.5 Å². The van der Waals surface area contributed by atoms with Gasteiger partial charge in [0.25, 0.3) is 0 Å². The van der Waals surface area contributed by atoms with Gasteiger partial charge in [-0.05, 0) is 60.4 Å². The van der Waals surface area contributed by atoms with Gasteiger partial charge in [-0.15, -0.1) is 0 Å². The zero-order chi connectivity index (χ0) is 15.1. The number of nitrogens with zero attached hydrogens (tertiary/aromatic N) is 2. The number of hydrogen-bond donors (Lipinski definition) is 1. The van der Waals surface area contributed by atoms with Gasteiger partial charge in [-0.2, -0.15) is 5.10 Å². The molecule has 0 amide bonds. The predicted octanol–water partition coefficient (Wildman–Crippen LogP) is 4.51. The van der Waals surface area contributed by atoms with E-state index < -0.39 is 5.60 Å². The van der Waals surface area contributed by atoms with Crippen molar-refractivity contribution < 1.29 is 5.11 Å². The molecule has 1 heterocycles. The van der Waals surface area contributed by atoms with Gasteiger partial charge in [0.1, 0.15) is 5.60 Å². The summed E-state index contributed by atoms with van der Waals surface area (Å²) in [5.74, 6) is 1.32. The second-order valence-electron chi connectivity index (χ2n) is 7.04. The Morgan fingerprint density at radius 2 is 2.00 bits per heavy atom. The molecule has 1 aliphatic carbocycles. The molecule has 20 heavy (non-hydrogen) atoms. The van der Waals surface area contributed by atoms with Gasteiger partial charge >= 0.3 is 0 Å². The summed E-state index contributed by atoms with van der Waals surface area (Å²) in [7, 11) is 0. The molecule has 0 bridgehead atoms. The molecule has 0 aromatic carbocycles. The van der Waals surface area contributed by atoms with E-state index >= 15 is 0 Å². The van der Waals surface area contributed by atoms with E-state index in [2.05, 4.69) is 55.6 Å². The number of aromatic nitrogens is 2. The summed E-state index contributed by atoms with van der Waals surface area (Å²) in [5.41, 5.74) is 0.198. The standard InChI is InChI=1S/C16H27BrN2O/c1-10(2)13-7-6-12(5)8-16(13,20)15-14(17)9-18-19(15)11(3)4/h9-13,20H,6-8H2,1-5H3. The lowest BCUT2D eigenvalue weighted by Gasteiger charge is -2.45. The first kappa shape index (κ1) is 16.0. The molecule has 4 heteroatoms. The number of hydrogen-bond acceptors (Lipinski definition) is 2. The number of halogens is 1. The molecular formula is C16H27BrN2O. The Hall–Kier alpha value is -0.350. The Morgan fingerprint density at radius 3 is 2.55 bits per heavy atom. The number of aliphatic hydroxyl groups is 1. The molecule has 0 radical (unpaired) electrons. The van der Waals surface area contributed by atoms with Crippen LogP contribution in [0.15, 0.2) is 10.7 Å². The van der Waals surface area contributed by atoms with Crippen LogP contribution in [0, 0.1) is 17.8 Å². The summed E-state index contributed by atoms with van der Waals surface area (Å²) in [6.07, 6.45) is 4.94. The predicted molar refractivity (Wildman–Crippen MR) is 85.6 cm³/mol. The Morgan fingerprint density at radius 1 is 1.35 bits per heavy atom. The highest BCUT2D eigenvalue weighted by atomic mass is 79.9. The van der Waals surface area contributed by atoms with Crippen LogP contribution in [-0.2, 0) is 5.60 Å². The molecule has 1 fully saturated rings. The molecule has 3 atom stereocenters. The summed E-state index contributed by atoms with van der Waals surface area (Å²) in [5, 5.41) is 16.0. The first-order valence-corrected chi connectivity index (χ1v) is 8.52. The van der Waals surface area contributed by atoms with E-state index in [0.29, 0.717) is 17.8 Å². The average Bonchev–Trinajstić information content (AvgIpc) is 2.71. The van der Waals surface area contributed by atoms with Crippen LogP contribution in [0.1, 0.15) is 65.6 Å². The summed E-state index contributed by atoms with van der Waals surface area (Å²) in [6.45, 7) is 10.9. The maximum absolute atomic E-state index is 11.6. The average molecular weight is 343 g/mol. The van der Waals surface area contributed by atoms with E-state index in [1.807, 2.05) is 10.9 Å². The quantitative estimate of drug-likeness (QED) is 0.877. The molecule has 1 aliphatic rings. The molecule has 1 N–H and O–H groups in total. The maximum Gasteiger partial charge on any atom is 0.111 e. The Kier molecular flexibility index (Phi) is 4.65. The van der Waals surface area contributed by atoms with Crippen molar-refractivity contribution in [3.05, 3.63) is 16.4 Å². The molecule has 1 aromatic heterocycles. The van der Waals surface area contributed by atoms with Crippen LogP contribution in [-0.4, -0.2) is 14.9 Å². The number of rotatable bonds is 3. The van der Waals surface area contributed by atoms with Gasteiger partial charge in [-0.3, -0.25) is 4.68 Å². The Balaban J connectivity index is 2.52. The fourth-order valence-electron chi connectivity index (χ4n) is 3.78. The zero-order valence-corrected chi connectivity index (χ0v) is 14.8. The fraction of sp³-hybridized carbons (Fsp3) is 0.812. The van der Waals surface area contributed by atoms with E-state index in [1.54, 1.807) is 0 Å². The topological polar surface area (TPSA) is 38.1 Å². The van der Waals surface area contributed by atoms with Crippen molar-refractivity contribution in [3.63, 3.8) is 0 Å². The first-order valence-electron chi connectivity index (χ1n) is 7.73. The molecular weight excluding hydrogens is 316 g/mol. The molecule has 0 aliphatic heterocycles. The van der Waals surface area contributed by atoms with Crippen molar-refractivity contribution in [2.75, 3.05) is 0 Å². The molecule has 114 valence electrons. The highest BCUT2D eigenvalue weighted by Crippen LogP contribution is 2.49. The molecule has 3 nitrogen and oxygen atoms in total. The summed E-state index contributed by atoms with van der Waals surface area (Å²) >= 11 is 3.61. The van der Waals surface area contributed by atoms with Gasteiger partial charge in [0.15, 0.2) is 0 Å². The lowest BCUT2D eigenvalue weighted by Crippen LogP contribution is -2.45. The van der Waals surface area contributed by atoms with Crippen molar-refractivity contribution in [1.82, 2.24) is 9.78 Å². The highest BCUT2D eigenvalue weighted by molar-refractivity contribution is 9.10. The zero-order valence-electron chi connectivity index (χ0n) is 13.2. The lowest BCUT2D eigenvalue weighted by atomic mass is 9.65. The van der Waals surface area contributed by atoms with Crippen molar-refractivity contribution in [3.8, 4) is 0 Å². The van der Waals surface area contributed by atoms with Gasteiger partial charge in [0.05, 0.1) is 16.4 Å². The van der Waals surface area contributed by atoms with E-state index in [-0.39, 0.29) is 6.04 Å². The Labute approximate surface area is 130 Å². The van der Waals surface area contributed by atoms with E-state index in [1.165, 1.54) is 6.42 Å². The molecule has 2 rings (SSSR count). The van der Waals surface area contributed by atoms with Crippen LogP contribution in [0.3, 0.4) is 0 Å².